The number of urea groups is 1. The van der Waals surface area contributed by atoms with Gasteiger partial charge in [0, 0.05) is 42.2 Å². The first kappa shape index (κ1) is 22.3. The molecule has 0 aliphatic carbocycles. The summed E-state index contributed by atoms with van der Waals surface area (Å²) in [5, 5.41) is 13.2. The number of nitriles is 1. The highest BCUT2D eigenvalue weighted by Crippen LogP contribution is 2.39. The number of hydrogen-bond donors (Lipinski definition) is 1. The van der Waals surface area contributed by atoms with E-state index in [4.69, 9.17) is 23.2 Å². The molecule has 0 spiro atoms. The van der Waals surface area contributed by atoms with Gasteiger partial charge in [-0.3, -0.25) is 0 Å². The molecule has 1 aromatic carbocycles. The number of aromatic nitrogens is 2. The minimum Gasteiger partial charge on any atom is -0.325 e. The van der Waals surface area contributed by atoms with Crippen LogP contribution in [0.4, 0.5) is 4.79 Å². The SMILES string of the molecule is CN1CCC(N(C)C(=O)NC(C)(C#N)c2ccc(-c3cncnc3)c(Cl)c2Cl)CC1. The highest BCUT2D eigenvalue weighted by atomic mass is 35.5. The molecule has 1 fully saturated rings. The standard InChI is InChI=1S/C21H24Cl2N6O/c1-21(12-24,27-20(30)29(3)15-6-8-28(2)9-7-15)17-5-4-16(18(22)19(17)23)14-10-25-13-26-11-14/h4-5,10-11,13,15H,6-9H2,1-3H3,(H,27,30). The van der Waals surface area contributed by atoms with Crippen molar-refractivity contribution in [1.82, 2.24) is 25.1 Å². The van der Waals surface area contributed by atoms with Gasteiger partial charge >= 0.3 is 6.03 Å². The van der Waals surface area contributed by atoms with Crippen LogP contribution in [0, 0.1) is 11.3 Å². The van der Waals surface area contributed by atoms with E-state index in [9.17, 15) is 10.1 Å². The fourth-order valence-electron chi connectivity index (χ4n) is 3.60. The van der Waals surface area contributed by atoms with E-state index < -0.39 is 5.54 Å². The maximum atomic E-state index is 12.9. The highest BCUT2D eigenvalue weighted by molar-refractivity contribution is 6.44. The molecule has 1 unspecified atom stereocenters. The molecule has 0 saturated carbocycles. The van der Waals surface area contributed by atoms with Gasteiger partial charge in [-0.25, -0.2) is 14.8 Å². The Hall–Kier alpha value is -2.40. The zero-order chi connectivity index (χ0) is 21.9. The van der Waals surface area contributed by atoms with E-state index in [2.05, 4.69) is 33.3 Å². The molecular weight excluding hydrogens is 423 g/mol. The number of carbonyl (C=O) groups is 1. The molecule has 2 aromatic rings. The number of carbonyl (C=O) groups excluding carboxylic acids is 1. The maximum absolute atomic E-state index is 12.9. The third kappa shape index (κ3) is 4.51. The molecule has 9 heteroatoms. The first-order chi connectivity index (χ1) is 14.3. The highest BCUT2D eigenvalue weighted by Gasteiger charge is 2.35. The number of hydrogen-bond acceptors (Lipinski definition) is 5. The summed E-state index contributed by atoms with van der Waals surface area (Å²) in [6, 6.07) is 5.45. The molecule has 7 nitrogen and oxygen atoms in total. The largest absolute Gasteiger partial charge is 0.325 e. The lowest BCUT2D eigenvalue weighted by atomic mass is 9.91. The first-order valence-corrected chi connectivity index (χ1v) is 10.4. The predicted molar refractivity (Wildman–Crippen MR) is 117 cm³/mol. The number of likely N-dealkylation sites (tertiary alicyclic amines) is 1. The van der Waals surface area contributed by atoms with Gasteiger partial charge in [-0.05, 0) is 39.9 Å². The van der Waals surface area contributed by atoms with Crippen molar-refractivity contribution in [1.29, 1.82) is 5.26 Å². The van der Waals surface area contributed by atoms with E-state index in [1.54, 1.807) is 43.4 Å². The Morgan fingerprint density at radius 2 is 1.90 bits per heavy atom. The summed E-state index contributed by atoms with van der Waals surface area (Å²) < 4.78 is 0. The summed E-state index contributed by atoms with van der Waals surface area (Å²) in [6.45, 7) is 3.49. The van der Waals surface area contributed by atoms with Gasteiger partial charge in [0.05, 0.1) is 16.1 Å². The molecule has 1 saturated heterocycles. The van der Waals surface area contributed by atoms with Crippen molar-refractivity contribution in [2.24, 2.45) is 0 Å². The van der Waals surface area contributed by atoms with Crippen LogP contribution in [-0.4, -0.2) is 59.0 Å². The second-order valence-corrected chi connectivity index (χ2v) is 8.48. The van der Waals surface area contributed by atoms with Crippen LogP contribution < -0.4 is 5.32 Å². The smallest absolute Gasteiger partial charge is 0.318 e. The number of amides is 2. The minimum absolute atomic E-state index is 0.128. The fraction of sp³-hybridized carbons (Fsp3) is 0.429. The molecule has 0 radical (unpaired) electrons. The summed E-state index contributed by atoms with van der Waals surface area (Å²) in [5.41, 5.74) is 0.451. The van der Waals surface area contributed by atoms with Crippen LogP contribution in [-0.2, 0) is 5.54 Å². The predicted octanol–water partition coefficient (Wildman–Crippen LogP) is 3.92. The molecule has 158 valence electrons. The molecule has 3 rings (SSSR count). The molecule has 2 amide bonds. The van der Waals surface area contributed by atoms with Crippen LogP contribution in [0.3, 0.4) is 0 Å². The lowest BCUT2D eigenvalue weighted by molar-refractivity contribution is 0.143. The summed E-state index contributed by atoms with van der Waals surface area (Å²) >= 11 is 13.1. The fourth-order valence-corrected chi connectivity index (χ4v) is 4.23. The third-order valence-electron chi connectivity index (χ3n) is 5.63. The quantitative estimate of drug-likeness (QED) is 0.768. The van der Waals surface area contributed by atoms with Crippen molar-refractivity contribution in [2.75, 3.05) is 27.2 Å². The number of rotatable bonds is 4. The lowest BCUT2D eigenvalue weighted by Gasteiger charge is -2.36. The van der Waals surface area contributed by atoms with Gasteiger partial charge in [-0.2, -0.15) is 5.26 Å². The third-order valence-corrected chi connectivity index (χ3v) is 6.51. The van der Waals surface area contributed by atoms with Crippen molar-refractivity contribution in [2.45, 2.75) is 31.3 Å². The molecule has 30 heavy (non-hydrogen) atoms. The summed E-state index contributed by atoms with van der Waals surface area (Å²) in [6.07, 6.45) is 6.48. The van der Waals surface area contributed by atoms with Crippen molar-refractivity contribution in [3.05, 3.63) is 46.5 Å². The minimum atomic E-state index is -1.34. The topological polar surface area (TPSA) is 85.1 Å². The second kappa shape index (κ2) is 9.17. The van der Waals surface area contributed by atoms with E-state index in [0.29, 0.717) is 16.7 Å². The van der Waals surface area contributed by atoms with Gasteiger partial charge in [0.25, 0.3) is 0 Å². The molecule has 1 aromatic heterocycles. The first-order valence-electron chi connectivity index (χ1n) is 9.65. The Morgan fingerprint density at radius 1 is 1.27 bits per heavy atom. The Morgan fingerprint density at radius 3 is 2.50 bits per heavy atom. The Labute approximate surface area is 186 Å². The summed E-state index contributed by atoms with van der Waals surface area (Å²) in [7, 11) is 3.83. The number of benzene rings is 1. The van der Waals surface area contributed by atoms with E-state index in [1.165, 1.54) is 6.33 Å². The van der Waals surface area contributed by atoms with Crippen molar-refractivity contribution >= 4 is 29.2 Å². The van der Waals surface area contributed by atoms with Crippen LogP contribution in [0.25, 0.3) is 11.1 Å². The van der Waals surface area contributed by atoms with Gasteiger partial charge in [0.2, 0.25) is 0 Å². The van der Waals surface area contributed by atoms with Crippen molar-refractivity contribution in [3.8, 4) is 17.2 Å². The lowest BCUT2D eigenvalue weighted by Crippen LogP contribution is -2.53. The zero-order valence-electron chi connectivity index (χ0n) is 17.2. The van der Waals surface area contributed by atoms with Crippen molar-refractivity contribution < 1.29 is 4.79 Å². The number of halogens is 2. The van der Waals surface area contributed by atoms with E-state index in [0.717, 1.165) is 25.9 Å². The average molecular weight is 447 g/mol. The van der Waals surface area contributed by atoms with Gasteiger partial charge in [-0.15, -0.1) is 0 Å². The summed E-state index contributed by atoms with van der Waals surface area (Å²) in [5.74, 6) is 0. The van der Waals surface area contributed by atoms with Crippen LogP contribution in [0.15, 0.2) is 30.9 Å². The van der Waals surface area contributed by atoms with E-state index in [-0.39, 0.29) is 22.1 Å². The van der Waals surface area contributed by atoms with Gasteiger partial charge in [0.1, 0.15) is 6.33 Å². The number of piperidine rings is 1. The Kier molecular flexibility index (Phi) is 6.81. The zero-order valence-corrected chi connectivity index (χ0v) is 18.7. The average Bonchev–Trinajstić information content (AvgIpc) is 2.76. The molecular formula is C21H24Cl2N6O. The van der Waals surface area contributed by atoms with Gasteiger partial charge in [0.15, 0.2) is 5.54 Å². The molecule has 0 bridgehead atoms. The molecule has 1 atom stereocenters. The van der Waals surface area contributed by atoms with E-state index in [1.807, 2.05) is 0 Å². The molecule has 1 aliphatic heterocycles. The molecule has 2 heterocycles. The van der Waals surface area contributed by atoms with Gasteiger partial charge < -0.3 is 15.1 Å². The van der Waals surface area contributed by atoms with E-state index >= 15 is 0 Å². The van der Waals surface area contributed by atoms with Crippen LogP contribution in [0.5, 0.6) is 0 Å². The normalized spacial score (nSPS) is 17.1. The van der Waals surface area contributed by atoms with Crippen molar-refractivity contribution in [3.63, 3.8) is 0 Å². The summed E-state index contributed by atoms with van der Waals surface area (Å²) in [4.78, 5) is 24.8. The Balaban J connectivity index is 1.84. The molecule has 1 aliphatic rings. The maximum Gasteiger partial charge on any atom is 0.318 e. The Bertz CT molecular complexity index is 956. The van der Waals surface area contributed by atoms with Crippen LogP contribution in [0.1, 0.15) is 25.3 Å². The number of nitrogens with zero attached hydrogens (tertiary/aromatic N) is 5. The van der Waals surface area contributed by atoms with Crippen LogP contribution in [0.2, 0.25) is 10.0 Å². The molecule has 1 N–H and O–H groups in total. The van der Waals surface area contributed by atoms with Gasteiger partial charge in [-0.1, -0.05) is 35.3 Å². The monoisotopic (exact) mass is 446 g/mol. The van der Waals surface area contributed by atoms with Crippen LogP contribution >= 0.6 is 23.2 Å². The number of nitrogens with one attached hydrogen (secondary N) is 1. The second-order valence-electron chi connectivity index (χ2n) is 7.73.